The zero-order valence-electron chi connectivity index (χ0n) is 9.40. The standard InChI is InChI=1S/C13H14BrNS/c1-9(2)6-13-15-12(8-16-13)10-4-3-5-11(14)7-10/h3-5,7-9H,6H2,1-2H3. The Morgan fingerprint density at radius 3 is 2.88 bits per heavy atom. The van der Waals surface area contributed by atoms with Gasteiger partial charge >= 0.3 is 0 Å². The second-order valence-electron chi connectivity index (χ2n) is 4.23. The quantitative estimate of drug-likeness (QED) is 0.795. The Bertz CT molecular complexity index is 476. The summed E-state index contributed by atoms with van der Waals surface area (Å²) < 4.78 is 1.10. The third kappa shape index (κ3) is 2.92. The highest BCUT2D eigenvalue weighted by Gasteiger charge is 2.06. The van der Waals surface area contributed by atoms with Gasteiger partial charge in [-0.15, -0.1) is 11.3 Å². The van der Waals surface area contributed by atoms with Crippen molar-refractivity contribution in [1.82, 2.24) is 4.98 Å². The number of benzene rings is 1. The minimum absolute atomic E-state index is 0.668. The Morgan fingerprint density at radius 1 is 1.38 bits per heavy atom. The molecule has 0 saturated heterocycles. The highest BCUT2D eigenvalue weighted by Crippen LogP contribution is 2.25. The van der Waals surface area contributed by atoms with Crippen molar-refractivity contribution in [3.05, 3.63) is 39.1 Å². The summed E-state index contributed by atoms with van der Waals surface area (Å²) in [5.74, 6) is 0.668. The lowest BCUT2D eigenvalue weighted by Gasteiger charge is -1.99. The molecule has 0 fully saturated rings. The lowest BCUT2D eigenvalue weighted by Crippen LogP contribution is -1.92. The predicted octanol–water partition coefficient (Wildman–Crippen LogP) is 4.77. The summed E-state index contributed by atoms with van der Waals surface area (Å²) >= 11 is 5.23. The molecule has 1 aromatic heterocycles. The van der Waals surface area contributed by atoms with Crippen molar-refractivity contribution < 1.29 is 0 Å². The Labute approximate surface area is 109 Å². The molecule has 0 spiro atoms. The Kier molecular flexibility index (Phi) is 3.77. The van der Waals surface area contributed by atoms with Crippen LogP contribution in [0.2, 0.25) is 0 Å². The Balaban J connectivity index is 2.24. The molecule has 0 saturated carbocycles. The first-order valence-electron chi connectivity index (χ1n) is 5.35. The number of hydrogen-bond donors (Lipinski definition) is 0. The molecule has 2 rings (SSSR count). The van der Waals surface area contributed by atoms with E-state index >= 15 is 0 Å². The van der Waals surface area contributed by atoms with E-state index in [0.717, 1.165) is 16.6 Å². The summed E-state index contributed by atoms with van der Waals surface area (Å²) in [6.07, 6.45) is 1.07. The van der Waals surface area contributed by atoms with E-state index in [1.807, 2.05) is 12.1 Å². The van der Waals surface area contributed by atoms with E-state index in [-0.39, 0.29) is 0 Å². The summed E-state index contributed by atoms with van der Waals surface area (Å²) in [5.41, 5.74) is 2.27. The third-order valence-electron chi connectivity index (χ3n) is 2.25. The summed E-state index contributed by atoms with van der Waals surface area (Å²) in [7, 11) is 0. The van der Waals surface area contributed by atoms with Crippen molar-refractivity contribution in [3.63, 3.8) is 0 Å². The van der Waals surface area contributed by atoms with E-state index in [2.05, 4.69) is 52.3 Å². The van der Waals surface area contributed by atoms with Crippen LogP contribution >= 0.6 is 27.3 Å². The molecule has 84 valence electrons. The molecule has 3 heteroatoms. The van der Waals surface area contributed by atoms with Crippen molar-refractivity contribution in [2.45, 2.75) is 20.3 Å². The molecule has 2 aromatic rings. The van der Waals surface area contributed by atoms with Gasteiger partial charge < -0.3 is 0 Å². The van der Waals surface area contributed by atoms with Crippen LogP contribution in [-0.2, 0) is 6.42 Å². The van der Waals surface area contributed by atoms with Gasteiger partial charge in [-0.1, -0.05) is 41.9 Å². The Morgan fingerprint density at radius 2 is 2.19 bits per heavy atom. The lowest BCUT2D eigenvalue weighted by molar-refractivity contribution is 0.645. The highest BCUT2D eigenvalue weighted by molar-refractivity contribution is 9.10. The van der Waals surface area contributed by atoms with Crippen LogP contribution in [0.1, 0.15) is 18.9 Å². The third-order valence-corrected chi connectivity index (χ3v) is 3.62. The molecule has 1 nitrogen and oxygen atoms in total. The van der Waals surface area contributed by atoms with Gasteiger partial charge in [0.25, 0.3) is 0 Å². The average Bonchev–Trinajstić information content (AvgIpc) is 2.65. The molecule has 0 bridgehead atoms. The largest absolute Gasteiger partial charge is 0.241 e. The summed E-state index contributed by atoms with van der Waals surface area (Å²) in [6, 6.07) is 8.28. The summed E-state index contributed by atoms with van der Waals surface area (Å²) in [6.45, 7) is 4.44. The van der Waals surface area contributed by atoms with Crippen LogP contribution in [0, 0.1) is 5.92 Å². The van der Waals surface area contributed by atoms with Gasteiger partial charge in [0.05, 0.1) is 10.7 Å². The van der Waals surface area contributed by atoms with Gasteiger partial charge in [0.2, 0.25) is 0 Å². The lowest BCUT2D eigenvalue weighted by atomic mass is 10.1. The SMILES string of the molecule is CC(C)Cc1nc(-c2cccc(Br)c2)cs1. The van der Waals surface area contributed by atoms with E-state index in [0.29, 0.717) is 5.92 Å². The zero-order chi connectivity index (χ0) is 11.5. The van der Waals surface area contributed by atoms with Crippen LogP contribution in [0.3, 0.4) is 0 Å². The zero-order valence-corrected chi connectivity index (χ0v) is 11.8. The van der Waals surface area contributed by atoms with E-state index in [1.54, 1.807) is 11.3 Å². The molecule has 0 amide bonds. The van der Waals surface area contributed by atoms with Gasteiger partial charge in [-0.2, -0.15) is 0 Å². The fraction of sp³-hybridized carbons (Fsp3) is 0.308. The van der Waals surface area contributed by atoms with Crippen LogP contribution in [-0.4, -0.2) is 4.98 Å². The first-order valence-corrected chi connectivity index (χ1v) is 7.03. The van der Waals surface area contributed by atoms with Crippen molar-refractivity contribution in [2.24, 2.45) is 5.92 Å². The second-order valence-corrected chi connectivity index (χ2v) is 6.09. The second kappa shape index (κ2) is 5.11. The fourth-order valence-corrected chi connectivity index (χ4v) is 2.95. The number of hydrogen-bond acceptors (Lipinski definition) is 2. The summed E-state index contributed by atoms with van der Waals surface area (Å²) in [4.78, 5) is 4.66. The van der Waals surface area contributed by atoms with Gasteiger partial charge in [0, 0.05) is 21.8 Å². The highest BCUT2D eigenvalue weighted by atomic mass is 79.9. The molecular formula is C13H14BrNS. The van der Waals surface area contributed by atoms with Crippen molar-refractivity contribution in [1.29, 1.82) is 0 Å². The van der Waals surface area contributed by atoms with E-state index in [1.165, 1.54) is 10.6 Å². The first-order chi connectivity index (χ1) is 7.65. The number of aromatic nitrogens is 1. The maximum atomic E-state index is 4.66. The minimum atomic E-state index is 0.668. The number of nitrogens with zero attached hydrogens (tertiary/aromatic N) is 1. The van der Waals surface area contributed by atoms with E-state index < -0.39 is 0 Å². The van der Waals surface area contributed by atoms with Gasteiger partial charge in [-0.3, -0.25) is 0 Å². The molecule has 0 unspecified atom stereocenters. The van der Waals surface area contributed by atoms with Crippen LogP contribution in [0.4, 0.5) is 0 Å². The predicted molar refractivity (Wildman–Crippen MR) is 73.8 cm³/mol. The molecule has 1 aromatic carbocycles. The average molecular weight is 296 g/mol. The maximum Gasteiger partial charge on any atom is 0.0935 e. The molecule has 0 atom stereocenters. The van der Waals surface area contributed by atoms with Crippen molar-refractivity contribution in [3.8, 4) is 11.3 Å². The van der Waals surface area contributed by atoms with Gasteiger partial charge in [0.1, 0.15) is 0 Å². The molecule has 0 aliphatic carbocycles. The van der Waals surface area contributed by atoms with E-state index in [9.17, 15) is 0 Å². The monoisotopic (exact) mass is 295 g/mol. The number of rotatable bonds is 3. The normalized spacial score (nSPS) is 11.0. The minimum Gasteiger partial charge on any atom is -0.241 e. The molecular weight excluding hydrogens is 282 g/mol. The van der Waals surface area contributed by atoms with Crippen LogP contribution in [0.5, 0.6) is 0 Å². The number of thiazole rings is 1. The van der Waals surface area contributed by atoms with Crippen LogP contribution in [0.25, 0.3) is 11.3 Å². The molecule has 0 radical (unpaired) electrons. The van der Waals surface area contributed by atoms with Crippen LogP contribution < -0.4 is 0 Å². The van der Waals surface area contributed by atoms with Gasteiger partial charge in [-0.05, 0) is 18.1 Å². The van der Waals surface area contributed by atoms with Crippen molar-refractivity contribution in [2.75, 3.05) is 0 Å². The molecule has 1 heterocycles. The van der Waals surface area contributed by atoms with Crippen molar-refractivity contribution >= 4 is 27.3 Å². The Hall–Kier alpha value is -0.670. The van der Waals surface area contributed by atoms with Gasteiger partial charge in [-0.25, -0.2) is 4.98 Å². The first kappa shape index (κ1) is 11.8. The molecule has 0 aliphatic rings. The molecule has 16 heavy (non-hydrogen) atoms. The maximum absolute atomic E-state index is 4.66. The van der Waals surface area contributed by atoms with Gasteiger partial charge in [0.15, 0.2) is 0 Å². The summed E-state index contributed by atoms with van der Waals surface area (Å²) in [5, 5.41) is 3.37. The molecule has 0 aliphatic heterocycles. The number of halogens is 1. The van der Waals surface area contributed by atoms with Crippen LogP contribution in [0.15, 0.2) is 34.1 Å². The fourth-order valence-electron chi connectivity index (χ4n) is 1.53. The van der Waals surface area contributed by atoms with E-state index in [4.69, 9.17) is 0 Å². The molecule has 0 N–H and O–H groups in total. The smallest absolute Gasteiger partial charge is 0.0935 e. The topological polar surface area (TPSA) is 12.9 Å².